The predicted octanol–water partition coefficient (Wildman–Crippen LogP) is -1.18. The van der Waals surface area contributed by atoms with E-state index in [0.717, 1.165) is 0 Å². The molecular weight excluding hydrogens is 246 g/mol. The molecule has 0 saturated carbocycles. The molecule has 0 fully saturated rings. The molecule has 1 heterocycles. The summed E-state index contributed by atoms with van der Waals surface area (Å²) in [5, 5.41) is 21.8. The minimum atomic E-state index is -1.32. The Bertz CT molecular complexity index is 407. The van der Waals surface area contributed by atoms with E-state index in [1.807, 2.05) is 0 Å². The van der Waals surface area contributed by atoms with Crippen LogP contribution in [0.1, 0.15) is 15.5 Å². The van der Waals surface area contributed by atoms with Crippen LogP contribution in [0.4, 0.5) is 0 Å². The van der Waals surface area contributed by atoms with Crippen molar-refractivity contribution in [2.24, 2.45) is 5.73 Å². The first kappa shape index (κ1) is 13.6. The molecule has 1 rings (SSSR count). The van der Waals surface area contributed by atoms with Gasteiger partial charge in [0.15, 0.2) is 6.04 Å². The van der Waals surface area contributed by atoms with Gasteiger partial charge in [-0.05, 0) is 6.54 Å². The molecule has 1 unspecified atom stereocenters. The van der Waals surface area contributed by atoms with Crippen LogP contribution < -0.4 is 11.1 Å². The van der Waals surface area contributed by atoms with Crippen molar-refractivity contribution in [1.82, 2.24) is 10.3 Å². The average Bonchev–Trinajstić information content (AvgIpc) is 2.74. The van der Waals surface area contributed by atoms with Gasteiger partial charge in [-0.1, -0.05) is 0 Å². The number of aliphatic carboxylic acids is 1. The molecule has 1 amide bonds. The summed E-state index contributed by atoms with van der Waals surface area (Å²) in [6, 6.07) is -1.32. The van der Waals surface area contributed by atoms with E-state index in [9.17, 15) is 9.59 Å². The number of nitrogens with two attached hydrogens (primary N) is 1. The number of hydrogen-bond acceptors (Lipinski definition) is 6. The van der Waals surface area contributed by atoms with Crippen molar-refractivity contribution in [2.45, 2.75) is 12.5 Å². The maximum absolute atomic E-state index is 11.6. The summed E-state index contributed by atoms with van der Waals surface area (Å²) >= 11 is 1.28. The second-order valence-electron chi connectivity index (χ2n) is 3.21. The van der Waals surface area contributed by atoms with Crippen molar-refractivity contribution in [3.8, 4) is 0 Å². The number of carboxylic acids is 1. The molecule has 0 aromatic carbocycles. The number of aliphatic hydroxyl groups is 1. The third-order valence-electron chi connectivity index (χ3n) is 1.93. The Kier molecular flexibility index (Phi) is 5.01. The van der Waals surface area contributed by atoms with Crippen molar-refractivity contribution in [1.29, 1.82) is 0 Å². The lowest BCUT2D eigenvalue weighted by Crippen LogP contribution is -2.43. The number of carbonyl (C=O) groups excluding carboxylic acids is 1. The van der Waals surface area contributed by atoms with Crippen LogP contribution in [-0.2, 0) is 11.2 Å². The summed E-state index contributed by atoms with van der Waals surface area (Å²) < 4.78 is 0. The quantitative estimate of drug-likeness (QED) is 0.509. The maximum atomic E-state index is 11.6. The van der Waals surface area contributed by atoms with Crippen LogP contribution in [0.3, 0.4) is 0 Å². The van der Waals surface area contributed by atoms with Crippen LogP contribution in [0.2, 0.25) is 0 Å². The van der Waals surface area contributed by atoms with Gasteiger partial charge in [-0.3, -0.25) is 4.79 Å². The third kappa shape index (κ3) is 3.77. The standard InChI is InChI=1S/C9H13N3O4S/c10-2-1-7-11-6(4-17-7)8(14)12-5(3-13)9(15)16/h4-5,13H,1-3,10H2,(H,12,14)(H,15,16). The number of amides is 1. The van der Waals surface area contributed by atoms with Crippen molar-refractivity contribution in [3.05, 3.63) is 16.1 Å². The highest BCUT2D eigenvalue weighted by Gasteiger charge is 2.20. The van der Waals surface area contributed by atoms with Gasteiger partial charge in [0.05, 0.1) is 11.6 Å². The van der Waals surface area contributed by atoms with Gasteiger partial charge >= 0.3 is 5.97 Å². The average molecular weight is 259 g/mol. The van der Waals surface area contributed by atoms with Crippen LogP contribution >= 0.6 is 11.3 Å². The first-order chi connectivity index (χ1) is 8.08. The van der Waals surface area contributed by atoms with Crippen molar-refractivity contribution >= 4 is 23.2 Å². The fourth-order valence-corrected chi connectivity index (χ4v) is 1.87. The first-order valence-corrected chi connectivity index (χ1v) is 5.75. The molecule has 7 nitrogen and oxygen atoms in total. The molecular formula is C9H13N3O4S. The summed E-state index contributed by atoms with van der Waals surface area (Å²) in [4.78, 5) is 26.2. The van der Waals surface area contributed by atoms with Crippen LogP contribution in [0, 0.1) is 0 Å². The molecule has 17 heavy (non-hydrogen) atoms. The van der Waals surface area contributed by atoms with Crippen molar-refractivity contribution < 1.29 is 19.8 Å². The Balaban J connectivity index is 2.65. The lowest BCUT2D eigenvalue weighted by Gasteiger charge is -2.09. The molecule has 94 valence electrons. The maximum Gasteiger partial charge on any atom is 0.328 e. The number of aromatic nitrogens is 1. The minimum absolute atomic E-state index is 0.137. The molecule has 5 N–H and O–H groups in total. The Morgan fingerprint density at radius 1 is 1.59 bits per heavy atom. The monoisotopic (exact) mass is 259 g/mol. The number of aliphatic hydroxyl groups excluding tert-OH is 1. The Labute approximate surface area is 101 Å². The van der Waals surface area contributed by atoms with Gasteiger partial charge in [-0.15, -0.1) is 11.3 Å². The lowest BCUT2D eigenvalue weighted by molar-refractivity contribution is -0.140. The summed E-state index contributed by atoms with van der Waals surface area (Å²) in [6.07, 6.45) is 0.570. The van der Waals surface area contributed by atoms with E-state index in [0.29, 0.717) is 18.0 Å². The summed E-state index contributed by atoms with van der Waals surface area (Å²) in [5.41, 5.74) is 5.48. The third-order valence-corrected chi connectivity index (χ3v) is 2.84. The van der Waals surface area contributed by atoms with Gasteiger partial charge in [0.1, 0.15) is 5.69 Å². The Hall–Kier alpha value is -1.51. The van der Waals surface area contributed by atoms with Crippen LogP contribution in [-0.4, -0.2) is 46.3 Å². The van der Waals surface area contributed by atoms with E-state index >= 15 is 0 Å². The van der Waals surface area contributed by atoms with Gasteiger partial charge in [-0.2, -0.15) is 0 Å². The minimum Gasteiger partial charge on any atom is -0.480 e. The molecule has 0 spiro atoms. The highest BCUT2D eigenvalue weighted by Crippen LogP contribution is 2.10. The largest absolute Gasteiger partial charge is 0.480 e. The van der Waals surface area contributed by atoms with Gasteiger partial charge in [0.2, 0.25) is 0 Å². The zero-order valence-corrected chi connectivity index (χ0v) is 9.74. The van der Waals surface area contributed by atoms with E-state index in [1.165, 1.54) is 16.7 Å². The molecule has 1 atom stereocenters. The van der Waals surface area contributed by atoms with E-state index in [1.54, 1.807) is 0 Å². The molecule has 8 heteroatoms. The Morgan fingerprint density at radius 2 is 2.29 bits per heavy atom. The molecule has 0 saturated heterocycles. The van der Waals surface area contributed by atoms with Gasteiger partial charge in [-0.25, -0.2) is 9.78 Å². The number of nitrogens with one attached hydrogen (secondary N) is 1. The number of carbonyl (C=O) groups is 2. The number of hydrogen-bond donors (Lipinski definition) is 4. The highest BCUT2D eigenvalue weighted by atomic mass is 32.1. The van der Waals surface area contributed by atoms with E-state index < -0.39 is 24.5 Å². The number of carboxylic acid groups (broad SMARTS) is 1. The fourth-order valence-electron chi connectivity index (χ4n) is 1.07. The zero-order valence-electron chi connectivity index (χ0n) is 8.92. The zero-order chi connectivity index (χ0) is 12.8. The second kappa shape index (κ2) is 6.28. The molecule has 0 bridgehead atoms. The predicted molar refractivity (Wildman–Crippen MR) is 60.8 cm³/mol. The topological polar surface area (TPSA) is 126 Å². The SMILES string of the molecule is NCCc1nc(C(=O)NC(CO)C(=O)O)cs1. The molecule has 0 aliphatic carbocycles. The number of nitrogens with zero attached hydrogens (tertiary/aromatic N) is 1. The van der Waals surface area contributed by atoms with Gasteiger partial charge < -0.3 is 21.3 Å². The van der Waals surface area contributed by atoms with Crippen LogP contribution in [0.15, 0.2) is 5.38 Å². The number of rotatable bonds is 6. The normalized spacial score (nSPS) is 12.1. The van der Waals surface area contributed by atoms with E-state index in [2.05, 4.69) is 10.3 Å². The van der Waals surface area contributed by atoms with Crippen LogP contribution in [0.25, 0.3) is 0 Å². The van der Waals surface area contributed by atoms with E-state index in [4.69, 9.17) is 15.9 Å². The highest BCUT2D eigenvalue weighted by molar-refractivity contribution is 7.09. The molecule has 0 aliphatic rings. The molecule has 1 aromatic heterocycles. The van der Waals surface area contributed by atoms with E-state index in [-0.39, 0.29) is 5.69 Å². The first-order valence-electron chi connectivity index (χ1n) is 4.87. The Morgan fingerprint density at radius 3 is 2.82 bits per heavy atom. The molecule has 1 aromatic rings. The molecule has 0 aliphatic heterocycles. The molecule has 0 radical (unpaired) electrons. The van der Waals surface area contributed by atoms with Gasteiger partial charge in [0, 0.05) is 11.8 Å². The second-order valence-corrected chi connectivity index (χ2v) is 4.15. The fraction of sp³-hybridized carbons (Fsp3) is 0.444. The summed E-state index contributed by atoms with van der Waals surface area (Å²) in [7, 11) is 0. The van der Waals surface area contributed by atoms with Crippen LogP contribution in [0.5, 0.6) is 0 Å². The van der Waals surface area contributed by atoms with Crippen molar-refractivity contribution in [2.75, 3.05) is 13.2 Å². The summed E-state index contributed by atoms with van der Waals surface area (Å²) in [5.74, 6) is -1.91. The summed E-state index contributed by atoms with van der Waals surface area (Å²) in [6.45, 7) is -0.232. The van der Waals surface area contributed by atoms with Crippen molar-refractivity contribution in [3.63, 3.8) is 0 Å². The number of thiazole rings is 1. The lowest BCUT2D eigenvalue weighted by atomic mass is 10.3. The van der Waals surface area contributed by atoms with Gasteiger partial charge in [0.25, 0.3) is 5.91 Å². The smallest absolute Gasteiger partial charge is 0.328 e.